The van der Waals surface area contributed by atoms with Crippen molar-refractivity contribution in [1.82, 2.24) is 15.5 Å². The van der Waals surface area contributed by atoms with Crippen LogP contribution in [0.15, 0.2) is 75.0 Å². The molecule has 0 aliphatic heterocycles. The number of carbonyl (C=O) groups is 2. The summed E-state index contributed by atoms with van der Waals surface area (Å²) < 4.78 is 35.1. The van der Waals surface area contributed by atoms with Crippen molar-refractivity contribution in [3.05, 3.63) is 76.9 Å². The van der Waals surface area contributed by atoms with E-state index < -0.39 is 32.3 Å². The van der Waals surface area contributed by atoms with Crippen LogP contribution in [0.1, 0.15) is 20.8 Å². The molecule has 0 fully saturated rings. The van der Waals surface area contributed by atoms with Crippen LogP contribution in [-0.2, 0) is 9.84 Å². The molecule has 12 heteroatoms. The summed E-state index contributed by atoms with van der Waals surface area (Å²) in [7, 11) is -4.23. The lowest BCUT2D eigenvalue weighted by Gasteiger charge is -2.15. The molecule has 2 aromatic heterocycles. The number of carbonyl (C=O) groups excluding carboxylic acids is 2. The van der Waals surface area contributed by atoms with E-state index in [-0.39, 0.29) is 39.9 Å². The van der Waals surface area contributed by atoms with Gasteiger partial charge in [0, 0.05) is 18.8 Å². The Bertz CT molecular complexity index is 1300. The number of benzene rings is 1. The van der Waals surface area contributed by atoms with Crippen molar-refractivity contribution >= 4 is 21.4 Å². The van der Waals surface area contributed by atoms with E-state index in [1.165, 1.54) is 36.5 Å². The molecule has 1 N–H and O–H groups in total. The number of hydrogen-bond acceptors (Lipinski definition) is 10. The minimum atomic E-state index is -4.23. The summed E-state index contributed by atoms with van der Waals surface area (Å²) in [5.41, 5.74) is 0.302. The van der Waals surface area contributed by atoms with Crippen LogP contribution in [0.5, 0.6) is 5.88 Å². The fourth-order valence-corrected chi connectivity index (χ4v) is 4.19. The Morgan fingerprint density at radius 3 is 2.68 bits per heavy atom. The number of fused-ring (bicyclic) bond motifs is 1. The molecule has 11 nitrogen and oxygen atoms in total. The first-order valence-corrected chi connectivity index (χ1v) is 10.4. The molecule has 4 rings (SSSR count). The molecule has 0 bridgehead atoms. The molecule has 0 saturated heterocycles. The van der Waals surface area contributed by atoms with E-state index in [2.05, 4.69) is 20.1 Å². The minimum Gasteiger partial charge on any atom is -0.453 e. The number of hydrogen-bond donors (Lipinski definition) is 1. The number of allylic oxidation sites excluding steroid dienone is 2. The van der Waals surface area contributed by atoms with Crippen LogP contribution in [0, 0.1) is 5.21 Å². The van der Waals surface area contributed by atoms with E-state index in [0.29, 0.717) is 0 Å². The lowest BCUT2D eigenvalue weighted by molar-refractivity contribution is -0.832. The monoisotopic (exact) mass is 442 g/mol. The summed E-state index contributed by atoms with van der Waals surface area (Å²) in [5.74, 6) is -1.34. The quantitative estimate of drug-likeness (QED) is 0.403. The Balaban J connectivity index is 1.44. The van der Waals surface area contributed by atoms with Crippen LogP contribution in [-0.4, -0.2) is 43.3 Å². The van der Waals surface area contributed by atoms with E-state index in [1.807, 2.05) is 0 Å². The van der Waals surface area contributed by atoms with Crippen molar-refractivity contribution < 1.29 is 32.3 Å². The van der Waals surface area contributed by atoms with Crippen molar-refractivity contribution in [2.24, 2.45) is 0 Å². The maximum Gasteiger partial charge on any atom is 0.415 e. The Labute approximate surface area is 175 Å². The van der Waals surface area contributed by atoms with Gasteiger partial charge in [-0.2, -0.15) is 0 Å². The van der Waals surface area contributed by atoms with E-state index in [9.17, 15) is 23.2 Å². The molecular formula is C19H14N4O7S. The lowest BCUT2D eigenvalue weighted by Crippen LogP contribution is -2.32. The number of aromatic nitrogens is 3. The van der Waals surface area contributed by atoms with Gasteiger partial charge >= 0.3 is 10.9 Å². The molecule has 0 atom stereocenters. The third-order valence-electron chi connectivity index (χ3n) is 4.32. The maximum absolute atomic E-state index is 12.7. The van der Waals surface area contributed by atoms with Crippen LogP contribution in [0.2, 0.25) is 0 Å². The number of rotatable bonds is 7. The van der Waals surface area contributed by atoms with Gasteiger partial charge < -0.3 is 15.3 Å². The normalized spacial score (nSPS) is 13.5. The third kappa shape index (κ3) is 3.75. The molecular weight excluding hydrogens is 428 g/mol. The standard InChI is InChI=1S/C19H14N4O7S/c24-15-11-14(17(25)13-7-4-8-21-16(13)15)20-9-10-29-18-19(23(26)30-22-18)31(27,28)12-5-2-1-3-6-12/h1-8,11,20H,9-10H2. The average Bonchev–Trinajstić information content (AvgIpc) is 3.16. The molecule has 1 aliphatic carbocycles. The van der Waals surface area contributed by atoms with Crippen molar-refractivity contribution in [3.63, 3.8) is 0 Å². The van der Waals surface area contributed by atoms with Crippen molar-refractivity contribution in [3.8, 4) is 5.88 Å². The van der Waals surface area contributed by atoms with E-state index in [1.54, 1.807) is 12.1 Å². The first-order valence-electron chi connectivity index (χ1n) is 8.92. The van der Waals surface area contributed by atoms with Crippen LogP contribution < -0.4 is 15.0 Å². The van der Waals surface area contributed by atoms with Crippen LogP contribution >= 0.6 is 0 Å². The van der Waals surface area contributed by atoms with Gasteiger partial charge in [-0.05, 0) is 29.2 Å². The zero-order valence-corrected chi connectivity index (χ0v) is 16.5. The highest BCUT2D eigenvalue weighted by atomic mass is 32.2. The Hall–Kier alpha value is -4.06. The van der Waals surface area contributed by atoms with Gasteiger partial charge in [-0.1, -0.05) is 18.2 Å². The molecule has 0 spiro atoms. The zero-order chi connectivity index (χ0) is 22.0. The van der Waals surface area contributed by atoms with E-state index in [4.69, 9.17) is 4.74 Å². The highest BCUT2D eigenvalue weighted by molar-refractivity contribution is 7.91. The van der Waals surface area contributed by atoms with Gasteiger partial charge in [0.1, 0.15) is 12.3 Å². The van der Waals surface area contributed by atoms with Crippen LogP contribution in [0.3, 0.4) is 0 Å². The summed E-state index contributed by atoms with van der Waals surface area (Å²) in [6.07, 6.45) is 2.55. The van der Waals surface area contributed by atoms with Gasteiger partial charge in [0.25, 0.3) is 9.84 Å². The Morgan fingerprint density at radius 2 is 1.90 bits per heavy atom. The summed E-state index contributed by atoms with van der Waals surface area (Å²) in [5, 5.41) is 17.2. The first-order chi connectivity index (χ1) is 14.9. The largest absolute Gasteiger partial charge is 0.453 e. The molecule has 2 heterocycles. The number of ketones is 2. The van der Waals surface area contributed by atoms with Crippen LogP contribution in [0.25, 0.3) is 0 Å². The highest BCUT2D eigenvalue weighted by Crippen LogP contribution is 2.24. The smallest absolute Gasteiger partial charge is 0.415 e. The van der Waals surface area contributed by atoms with Gasteiger partial charge in [-0.15, -0.1) is 0 Å². The summed E-state index contributed by atoms with van der Waals surface area (Å²) in [6.45, 7) is -0.167. The predicted molar refractivity (Wildman–Crippen MR) is 102 cm³/mol. The second-order valence-corrected chi connectivity index (χ2v) is 8.15. The number of Topliss-reactive ketones (excluding diaryl/α,β-unsaturated/α-hetero) is 1. The Morgan fingerprint density at radius 1 is 1.13 bits per heavy atom. The van der Waals surface area contributed by atoms with Gasteiger partial charge in [0.05, 0.1) is 21.3 Å². The van der Waals surface area contributed by atoms with Crippen LogP contribution in [0.4, 0.5) is 0 Å². The fraction of sp³-hybridized carbons (Fsp3) is 0.105. The predicted octanol–water partition coefficient (Wildman–Crippen LogP) is 0.467. The van der Waals surface area contributed by atoms with Crippen molar-refractivity contribution in [2.75, 3.05) is 13.2 Å². The molecule has 31 heavy (non-hydrogen) atoms. The maximum atomic E-state index is 12.7. The molecule has 0 radical (unpaired) electrons. The zero-order valence-electron chi connectivity index (χ0n) is 15.7. The fourth-order valence-electron chi connectivity index (χ4n) is 2.90. The third-order valence-corrected chi connectivity index (χ3v) is 6.04. The molecule has 1 aliphatic rings. The van der Waals surface area contributed by atoms with E-state index >= 15 is 0 Å². The number of nitrogens with one attached hydrogen (secondary N) is 1. The van der Waals surface area contributed by atoms with Crippen molar-refractivity contribution in [2.45, 2.75) is 9.92 Å². The summed E-state index contributed by atoms with van der Waals surface area (Å²) >= 11 is 0. The van der Waals surface area contributed by atoms with Gasteiger partial charge in [0.2, 0.25) is 11.6 Å². The van der Waals surface area contributed by atoms with Gasteiger partial charge in [0.15, 0.2) is 0 Å². The summed E-state index contributed by atoms with van der Waals surface area (Å²) in [6, 6.07) is 10.3. The van der Waals surface area contributed by atoms with E-state index in [0.717, 1.165) is 6.08 Å². The summed E-state index contributed by atoms with van der Waals surface area (Å²) in [4.78, 5) is 28.1. The topological polar surface area (TPSA) is 155 Å². The number of sulfone groups is 1. The van der Waals surface area contributed by atoms with Crippen molar-refractivity contribution in [1.29, 1.82) is 0 Å². The van der Waals surface area contributed by atoms with Gasteiger partial charge in [-0.3, -0.25) is 19.2 Å². The number of pyridine rings is 1. The number of ether oxygens (including phenoxy) is 1. The molecule has 158 valence electrons. The first kappa shape index (κ1) is 20.2. The molecule has 0 saturated carbocycles. The Kier molecular flexibility index (Phi) is 5.21. The average molecular weight is 442 g/mol. The number of nitrogens with zero attached hydrogens (tertiary/aromatic N) is 3. The van der Waals surface area contributed by atoms with Gasteiger partial charge in [-0.25, -0.2) is 8.42 Å². The SMILES string of the molecule is O=C1C(NCCOc2no[n+]([O-])c2S(=O)(=O)c2ccccc2)=CC(=O)c2ncccc21. The second kappa shape index (κ2) is 7.99. The molecule has 0 amide bonds. The molecule has 0 unspecified atom stereocenters. The molecule has 3 aromatic rings. The molecule has 1 aromatic carbocycles. The lowest BCUT2D eigenvalue weighted by atomic mass is 9.97. The minimum absolute atomic E-state index is 0.0109. The second-order valence-electron chi connectivity index (χ2n) is 6.28. The highest BCUT2D eigenvalue weighted by Gasteiger charge is 2.35.